The van der Waals surface area contributed by atoms with Gasteiger partial charge in [0.05, 0.1) is 0 Å². The van der Waals surface area contributed by atoms with Crippen LogP contribution in [0.3, 0.4) is 0 Å². The molecule has 0 unspecified atom stereocenters. The summed E-state index contributed by atoms with van der Waals surface area (Å²) in [6.45, 7) is 3.39. The summed E-state index contributed by atoms with van der Waals surface area (Å²) in [6, 6.07) is 0. The second-order valence-corrected chi connectivity index (χ2v) is 0. The molecule has 0 heterocycles. The first-order valence-electron chi connectivity index (χ1n) is 0.707. The first-order valence-corrected chi connectivity index (χ1v) is 2.12. The van der Waals surface area contributed by atoms with Crippen LogP contribution in [0.5, 0.6) is 0 Å². The molecule has 0 aliphatic heterocycles. The largest absolute Gasteiger partial charge is 0.351 e. The van der Waals surface area contributed by atoms with Gasteiger partial charge in [0.25, 0.3) is 0 Å². The Morgan fingerprint density at radius 1 is 1.25 bits per heavy atom. The van der Waals surface area contributed by atoms with Gasteiger partial charge in [-0.2, -0.15) is 0 Å². The average molecular weight is 160 g/mol. The fourth-order valence-electron chi connectivity index (χ4n) is 0. The Hall–Kier alpha value is 1.24. The summed E-state index contributed by atoms with van der Waals surface area (Å²) in [6.07, 6.45) is 0. The Morgan fingerprint density at radius 3 is 1.25 bits per heavy atom. The maximum absolute atomic E-state index is 3.39. The molecule has 0 nitrogen and oxygen atoms in total. The molecule has 0 amide bonds. The van der Waals surface area contributed by atoms with E-state index in [1.807, 2.05) is 0 Å². The average Bonchev–Trinajstić information content (AvgIpc) is 1.00. The SMILES string of the molecule is [CH2-][SiH3].[Co].[Fe]. The third-order valence-electron chi connectivity index (χ3n) is 0. The molecule has 0 spiro atoms. The van der Waals surface area contributed by atoms with E-state index in [-0.39, 0.29) is 33.8 Å². The van der Waals surface area contributed by atoms with Gasteiger partial charge in [-0.15, -0.1) is 10.2 Å². The Labute approximate surface area is 50.8 Å². The van der Waals surface area contributed by atoms with Crippen molar-refractivity contribution < 1.29 is 33.8 Å². The van der Waals surface area contributed by atoms with Crippen molar-refractivity contribution in [2.45, 2.75) is 0 Å². The third kappa shape index (κ3) is 10.6. The van der Waals surface area contributed by atoms with Crippen LogP contribution in [0.4, 0.5) is 0 Å². The first-order chi connectivity index (χ1) is 1.00. The molecule has 0 aromatic carbocycles. The van der Waals surface area contributed by atoms with Crippen LogP contribution in [0.1, 0.15) is 0 Å². The predicted molar refractivity (Wildman–Crippen MR) is 15.3 cm³/mol. The zero-order valence-electron chi connectivity index (χ0n) is 2.39. The second kappa shape index (κ2) is 28.9. The minimum atomic E-state index is 0. The van der Waals surface area contributed by atoms with E-state index in [4.69, 9.17) is 0 Å². The Balaban J connectivity index is -0.00000000500. The molecular formula is CH5CoFeSi-. The van der Waals surface area contributed by atoms with Crippen LogP contribution in [-0.2, 0) is 33.8 Å². The molecule has 0 rings (SSSR count). The maximum Gasteiger partial charge on any atom is 0 e. The van der Waals surface area contributed by atoms with Crippen LogP contribution < -0.4 is 0 Å². The number of rotatable bonds is 0. The van der Waals surface area contributed by atoms with Crippen molar-refractivity contribution in [3.63, 3.8) is 0 Å². The summed E-state index contributed by atoms with van der Waals surface area (Å²) >= 11 is 0. The van der Waals surface area contributed by atoms with Crippen LogP contribution in [0.25, 0.3) is 0 Å². The van der Waals surface area contributed by atoms with Crippen LogP contribution in [-0.4, -0.2) is 10.2 Å². The van der Waals surface area contributed by atoms with Crippen LogP contribution in [0.15, 0.2) is 0 Å². The quantitative estimate of drug-likeness (QED) is 0.319. The van der Waals surface area contributed by atoms with E-state index >= 15 is 0 Å². The Bertz CT molecular complexity index is 8.00. The Kier molecular flexibility index (Phi) is 135. The molecule has 3 heteroatoms. The zero-order valence-corrected chi connectivity index (χ0v) is 6.54. The fourth-order valence-corrected chi connectivity index (χ4v) is 0. The van der Waals surface area contributed by atoms with Crippen LogP contribution in [0.2, 0.25) is 0 Å². The monoisotopic (exact) mass is 160 g/mol. The number of hydrogen-bond donors (Lipinski definition) is 0. The van der Waals surface area contributed by atoms with Crippen molar-refractivity contribution in [2.24, 2.45) is 0 Å². The molecule has 0 fully saturated rings. The topological polar surface area (TPSA) is 0 Å². The van der Waals surface area contributed by atoms with Gasteiger partial charge in [-0.3, -0.25) is 0 Å². The van der Waals surface area contributed by atoms with Crippen molar-refractivity contribution in [3.05, 3.63) is 6.55 Å². The van der Waals surface area contributed by atoms with Gasteiger partial charge in [-0.05, 0) is 0 Å². The van der Waals surface area contributed by atoms with Crippen LogP contribution in [0, 0.1) is 6.55 Å². The van der Waals surface area contributed by atoms with Crippen molar-refractivity contribution in [3.8, 4) is 0 Å². The van der Waals surface area contributed by atoms with E-state index < -0.39 is 0 Å². The second-order valence-electron chi connectivity index (χ2n) is 0. The van der Waals surface area contributed by atoms with E-state index in [2.05, 4.69) is 6.55 Å². The van der Waals surface area contributed by atoms with E-state index in [1.54, 1.807) is 0 Å². The maximum atomic E-state index is 3.39. The normalized spacial score (nSPS) is 2.25. The van der Waals surface area contributed by atoms with Gasteiger partial charge in [-0.25, -0.2) is 0 Å². The Morgan fingerprint density at radius 2 is 1.25 bits per heavy atom. The van der Waals surface area contributed by atoms with Gasteiger partial charge in [0.2, 0.25) is 0 Å². The fraction of sp³-hybridized carbons (Fsp3) is 0. The molecule has 0 aliphatic carbocycles. The van der Waals surface area contributed by atoms with Crippen molar-refractivity contribution in [1.82, 2.24) is 0 Å². The van der Waals surface area contributed by atoms with Gasteiger partial charge >= 0.3 is 0 Å². The molecule has 0 aromatic heterocycles. The molecule has 0 aliphatic rings. The minimum absolute atomic E-state index is 0. The molecule has 0 saturated carbocycles. The summed E-state index contributed by atoms with van der Waals surface area (Å²) in [5, 5.41) is 0. The molecule has 0 bridgehead atoms. The van der Waals surface area contributed by atoms with E-state index in [0.29, 0.717) is 0 Å². The van der Waals surface area contributed by atoms with Crippen molar-refractivity contribution >= 4 is 10.2 Å². The number of hydrogen-bond acceptors (Lipinski definition) is 0. The predicted octanol–water partition coefficient (Wildman–Crippen LogP) is -0.862. The molecule has 1 radical (unpaired) electrons. The minimum Gasteiger partial charge on any atom is -0.351 e. The van der Waals surface area contributed by atoms with E-state index in [9.17, 15) is 0 Å². The molecule has 0 N–H and O–H groups in total. The molecule has 0 atom stereocenters. The standard InChI is InChI=1S/CH5Si.Co.Fe/c1-2;;/h1H2,2H3;;/q-1;;. The molecule has 31 valence electrons. The van der Waals surface area contributed by atoms with Crippen LogP contribution >= 0.6 is 0 Å². The summed E-state index contributed by atoms with van der Waals surface area (Å²) in [7, 11) is 1.06. The molecular weight excluding hydrogens is 155 g/mol. The summed E-state index contributed by atoms with van der Waals surface area (Å²) in [5.74, 6) is 0. The summed E-state index contributed by atoms with van der Waals surface area (Å²) in [5.41, 5.74) is 0. The van der Waals surface area contributed by atoms with Crippen molar-refractivity contribution in [1.29, 1.82) is 0 Å². The molecule has 4 heavy (non-hydrogen) atoms. The summed E-state index contributed by atoms with van der Waals surface area (Å²) < 4.78 is 0. The smallest absolute Gasteiger partial charge is 0 e. The summed E-state index contributed by atoms with van der Waals surface area (Å²) in [4.78, 5) is 0. The van der Waals surface area contributed by atoms with Gasteiger partial charge in [0, 0.05) is 33.8 Å². The molecule has 0 saturated heterocycles. The first kappa shape index (κ1) is 18.8. The van der Waals surface area contributed by atoms with Gasteiger partial charge in [-0.1, -0.05) is 0 Å². The van der Waals surface area contributed by atoms with Gasteiger partial charge in [0.15, 0.2) is 0 Å². The van der Waals surface area contributed by atoms with E-state index in [0.717, 1.165) is 10.2 Å². The van der Waals surface area contributed by atoms with Gasteiger partial charge in [0.1, 0.15) is 0 Å². The zero-order chi connectivity index (χ0) is 2.00. The van der Waals surface area contributed by atoms with Gasteiger partial charge < -0.3 is 6.55 Å². The molecule has 0 aromatic rings. The van der Waals surface area contributed by atoms with E-state index in [1.165, 1.54) is 0 Å². The third-order valence-corrected chi connectivity index (χ3v) is 0. The van der Waals surface area contributed by atoms with Crippen molar-refractivity contribution in [2.75, 3.05) is 0 Å².